The van der Waals surface area contributed by atoms with Crippen LogP contribution in [0, 0.1) is 0 Å². The van der Waals surface area contributed by atoms with E-state index in [0.29, 0.717) is 0 Å². The predicted molar refractivity (Wildman–Crippen MR) is 112 cm³/mol. The first-order valence-electron chi connectivity index (χ1n) is 10.0. The zero-order valence-corrected chi connectivity index (χ0v) is 17.2. The summed E-state index contributed by atoms with van der Waals surface area (Å²) in [6.07, 6.45) is -7.01. The molecular weight excluding hydrogens is 440 g/mol. The Morgan fingerprint density at radius 3 is 2.30 bits per heavy atom. The summed E-state index contributed by atoms with van der Waals surface area (Å²) in [5.74, 6) is -2.78. The molecule has 1 aliphatic heterocycles. The topological polar surface area (TPSA) is 190 Å². The summed E-state index contributed by atoms with van der Waals surface area (Å²) in [5, 5.41) is 69.8. The van der Waals surface area contributed by atoms with E-state index in [-0.39, 0.29) is 34.5 Å². The summed E-state index contributed by atoms with van der Waals surface area (Å²) in [5.41, 5.74) is -1.04. The number of hydrogen-bond acceptors (Lipinski definition) is 11. The zero-order chi connectivity index (χ0) is 24.0. The first kappa shape index (κ1) is 22.7. The zero-order valence-electron chi connectivity index (χ0n) is 17.2. The van der Waals surface area contributed by atoms with Crippen LogP contribution in [-0.2, 0) is 4.74 Å². The molecule has 4 rings (SSSR count). The molecule has 2 heterocycles. The van der Waals surface area contributed by atoms with Gasteiger partial charge in [-0.05, 0) is 24.6 Å². The molecule has 7 N–H and O–H groups in total. The lowest BCUT2D eigenvalue weighted by Crippen LogP contribution is -2.59. The first-order chi connectivity index (χ1) is 15.6. The number of hydrogen-bond donors (Lipinski definition) is 7. The van der Waals surface area contributed by atoms with Gasteiger partial charge in [0.05, 0.1) is 6.10 Å². The fraction of sp³-hybridized carbons (Fsp3) is 0.318. The van der Waals surface area contributed by atoms with Gasteiger partial charge in [0.2, 0.25) is 17.5 Å². The van der Waals surface area contributed by atoms with Crippen molar-refractivity contribution in [2.75, 3.05) is 0 Å². The Morgan fingerprint density at radius 1 is 0.909 bits per heavy atom. The molecule has 2 aromatic carbocycles. The second-order valence-corrected chi connectivity index (χ2v) is 7.67. The van der Waals surface area contributed by atoms with E-state index in [1.54, 1.807) is 6.92 Å². The van der Waals surface area contributed by atoms with Gasteiger partial charge in [-0.1, -0.05) is 6.92 Å². The molecule has 1 aliphatic rings. The average Bonchev–Trinajstić information content (AvgIpc) is 2.76. The lowest BCUT2D eigenvalue weighted by molar-refractivity contribution is -0.272. The number of phenols is 4. The summed E-state index contributed by atoms with van der Waals surface area (Å²) in [6.45, 7) is 1.68. The maximum atomic E-state index is 13.3. The van der Waals surface area contributed by atoms with Crippen LogP contribution in [0.2, 0.25) is 0 Å². The maximum absolute atomic E-state index is 13.3. The van der Waals surface area contributed by atoms with Gasteiger partial charge >= 0.3 is 0 Å². The van der Waals surface area contributed by atoms with Gasteiger partial charge in [0, 0.05) is 17.7 Å². The van der Waals surface area contributed by atoms with Crippen molar-refractivity contribution in [1.29, 1.82) is 0 Å². The van der Waals surface area contributed by atoms with E-state index in [0.717, 1.165) is 24.3 Å². The van der Waals surface area contributed by atoms with Gasteiger partial charge in [-0.15, -0.1) is 0 Å². The number of aliphatic hydroxyl groups excluding tert-OH is 3. The summed E-state index contributed by atoms with van der Waals surface area (Å²) >= 11 is 0. The molecule has 1 fully saturated rings. The highest BCUT2D eigenvalue weighted by Crippen LogP contribution is 2.39. The molecule has 1 aromatic heterocycles. The molecule has 1 saturated heterocycles. The molecule has 0 radical (unpaired) electrons. The third-order valence-electron chi connectivity index (χ3n) is 5.46. The van der Waals surface area contributed by atoms with Gasteiger partial charge in [0.1, 0.15) is 40.8 Å². The van der Waals surface area contributed by atoms with Gasteiger partial charge in [-0.25, -0.2) is 0 Å². The number of rotatable bonds is 4. The van der Waals surface area contributed by atoms with Crippen LogP contribution >= 0.6 is 0 Å². The van der Waals surface area contributed by atoms with Crippen molar-refractivity contribution in [1.82, 2.24) is 0 Å². The Morgan fingerprint density at radius 2 is 1.64 bits per heavy atom. The molecule has 5 atom stereocenters. The summed E-state index contributed by atoms with van der Waals surface area (Å²) < 4.78 is 16.9. The van der Waals surface area contributed by atoms with Crippen LogP contribution < -0.4 is 10.2 Å². The van der Waals surface area contributed by atoms with E-state index < -0.39 is 59.1 Å². The molecule has 0 bridgehead atoms. The van der Waals surface area contributed by atoms with Crippen LogP contribution in [0.1, 0.15) is 13.3 Å². The third-order valence-corrected chi connectivity index (χ3v) is 5.46. The second-order valence-electron chi connectivity index (χ2n) is 7.67. The molecule has 11 nitrogen and oxygen atoms in total. The van der Waals surface area contributed by atoms with Crippen molar-refractivity contribution in [3.63, 3.8) is 0 Å². The van der Waals surface area contributed by atoms with Gasteiger partial charge in [0.25, 0.3) is 0 Å². The molecule has 0 saturated carbocycles. The minimum absolute atomic E-state index is 0.0695. The van der Waals surface area contributed by atoms with E-state index >= 15 is 0 Å². The van der Waals surface area contributed by atoms with Crippen LogP contribution in [0.4, 0.5) is 0 Å². The van der Waals surface area contributed by atoms with Crippen LogP contribution in [0.3, 0.4) is 0 Å². The van der Waals surface area contributed by atoms with Gasteiger partial charge in [0.15, 0.2) is 17.3 Å². The number of ether oxygens (including phenoxy) is 2. The smallest absolute Gasteiger partial charge is 0.239 e. The number of benzene rings is 2. The highest BCUT2D eigenvalue weighted by molar-refractivity contribution is 5.88. The summed E-state index contributed by atoms with van der Waals surface area (Å²) in [6, 6.07) is 5.54. The molecule has 0 amide bonds. The van der Waals surface area contributed by atoms with Crippen molar-refractivity contribution in [3.8, 4) is 40.1 Å². The van der Waals surface area contributed by atoms with Crippen molar-refractivity contribution in [2.24, 2.45) is 0 Å². The highest BCUT2D eigenvalue weighted by atomic mass is 16.7. The lowest BCUT2D eigenvalue weighted by atomic mass is 9.97. The van der Waals surface area contributed by atoms with E-state index in [9.17, 15) is 40.5 Å². The number of fused-ring (bicyclic) bond motifs is 1. The van der Waals surface area contributed by atoms with Gasteiger partial charge < -0.3 is 49.6 Å². The molecule has 5 unspecified atom stereocenters. The molecule has 0 spiro atoms. The molecule has 3 aromatic rings. The normalized spacial score (nSPS) is 25.3. The quantitative estimate of drug-likeness (QED) is 0.272. The standard InChI is InChI=1S/C22H22O11/c1-2-13-16(27)18(29)19(30)22(32-13)33-21-17(28)15-12(26)6-9(23)7-14(15)31-20(21)8-3-4-10(24)11(25)5-8/h3-7,13,16,18-19,22-27,29-30H,2H2,1H3. The average molecular weight is 462 g/mol. The molecule has 0 aliphatic carbocycles. The number of aliphatic hydroxyl groups is 3. The molecular formula is C22H22O11. The van der Waals surface area contributed by atoms with E-state index in [2.05, 4.69) is 0 Å². The highest BCUT2D eigenvalue weighted by Gasteiger charge is 2.45. The van der Waals surface area contributed by atoms with Gasteiger partial charge in [-0.3, -0.25) is 4.79 Å². The van der Waals surface area contributed by atoms with Crippen molar-refractivity contribution in [2.45, 2.75) is 44.1 Å². The monoisotopic (exact) mass is 462 g/mol. The molecule has 176 valence electrons. The Bertz CT molecular complexity index is 1250. The van der Waals surface area contributed by atoms with E-state index in [4.69, 9.17) is 13.9 Å². The van der Waals surface area contributed by atoms with E-state index in [1.807, 2.05) is 0 Å². The molecule has 33 heavy (non-hydrogen) atoms. The largest absolute Gasteiger partial charge is 0.508 e. The number of aromatic hydroxyl groups is 4. The second kappa shape index (κ2) is 8.45. The third kappa shape index (κ3) is 3.91. The Labute approximate surface area is 185 Å². The van der Waals surface area contributed by atoms with E-state index in [1.165, 1.54) is 6.07 Å². The molecule has 11 heteroatoms. The fourth-order valence-electron chi connectivity index (χ4n) is 3.70. The predicted octanol–water partition coefficient (Wildman–Crippen LogP) is 0.879. The van der Waals surface area contributed by atoms with Crippen LogP contribution in [-0.4, -0.2) is 66.5 Å². The Hall–Kier alpha value is -3.51. The Balaban J connectivity index is 1.91. The van der Waals surface area contributed by atoms with Crippen LogP contribution in [0.25, 0.3) is 22.3 Å². The first-order valence-corrected chi connectivity index (χ1v) is 10.0. The summed E-state index contributed by atoms with van der Waals surface area (Å²) in [7, 11) is 0. The van der Waals surface area contributed by atoms with Gasteiger partial charge in [-0.2, -0.15) is 0 Å². The number of phenolic OH excluding ortho intramolecular Hbond substituents is 4. The summed E-state index contributed by atoms with van der Waals surface area (Å²) in [4.78, 5) is 13.3. The minimum Gasteiger partial charge on any atom is -0.508 e. The van der Waals surface area contributed by atoms with Crippen LogP contribution in [0.5, 0.6) is 28.7 Å². The maximum Gasteiger partial charge on any atom is 0.239 e. The fourth-order valence-corrected chi connectivity index (χ4v) is 3.70. The van der Waals surface area contributed by atoms with Crippen molar-refractivity contribution >= 4 is 11.0 Å². The Kier molecular flexibility index (Phi) is 5.80. The SMILES string of the molecule is CCC1OC(Oc2c(-c3ccc(O)c(O)c3)oc3cc(O)cc(O)c3c2=O)C(O)C(O)C1O. The van der Waals surface area contributed by atoms with Crippen molar-refractivity contribution < 1.29 is 49.6 Å². The van der Waals surface area contributed by atoms with Crippen LogP contribution in [0.15, 0.2) is 39.5 Å². The minimum atomic E-state index is -1.74. The van der Waals surface area contributed by atoms with Crippen molar-refractivity contribution in [3.05, 3.63) is 40.6 Å². The lowest BCUT2D eigenvalue weighted by Gasteiger charge is -2.39.